The van der Waals surface area contributed by atoms with Gasteiger partial charge in [-0.25, -0.2) is 0 Å². The van der Waals surface area contributed by atoms with Crippen molar-refractivity contribution < 1.29 is 9.59 Å². The molecule has 0 saturated carbocycles. The molecular formula is C19H16N2O2S. The minimum Gasteiger partial charge on any atom is -0.325 e. The van der Waals surface area contributed by atoms with Gasteiger partial charge in [0, 0.05) is 33.4 Å². The third-order valence-corrected chi connectivity index (χ3v) is 5.17. The number of amides is 2. The van der Waals surface area contributed by atoms with Gasteiger partial charge in [-0.05, 0) is 36.6 Å². The Balaban J connectivity index is 1.72. The van der Waals surface area contributed by atoms with Gasteiger partial charge in [-0.2, -0.15) is 0 Å². The number of nitrogens with one attached hydrogen (secondary N) is 1. The lowest BCUT2D eigenvalue weighted by molar-refractivity contribution is -0.115. The number of hydrogen-bond acceptors (Lipinski definition) is 3. The number of thiophene rings is 1. The van der Waals surface area contributed by atoms with Crippen LogP contribution in [-0.2, 0) is 11.2 Å². The molecule has 0 spiro atoms. The molecule has 2 heterocycles. The Labute approximate surface area is 143 Å². The van der Waals surface area contributed by atoms with Gasteiger partial charge < -0.3 is 10.2 Å². The van der Waals surface area contributed by atoms with Crippen molar-refractivity contribution in [2.45, 2.75) is 13.3 Å². The third-order valence-electron chi connectivity index (χ3n) is 4.29. The summed E-state index contributed by atoms with van der Waals surface area (Å²) in [5.41, 5.74) is 2.38. The smallest absolute Gasteiger partial charge is 0.258 e. The van der Waals surface area contributed by atoms with Crippen molar-refractivity contribution in [1.29, 1.82) is 0 Å². The largest absolute Gasteiger partial charge is 0.325 e. The predicted octanol–water partition coefficient (Wildman–Crippen LogP) is 4.06. The minimum atomic E-state index is -0.0465. The summed E-state index contributed by atoms with van der Waals surface area (Å²) < 4.78 is 0. The van der Waals surface area contributed by atoms with Crippen LogP contribution in [0.5, 0.6) is 0 Å². The Kier molecular flexibility index (Phi) is 3.58. The van der Waals surface area contributed by atoms with Crippen LogP contribution in [0.1, 0.15) is 22.2 Å². The van der Waals surface area contributed by atoms with Gasteiger partial charge in [0.25, 0.3) is 5.91 Å². The van der Waals surface area contributed by atoms with Crippen LogP contribution in [0.15, 0.2) is 47.8 Å². The van der Waals surface area contributed by atoms with E-state index >= 15 is 0 Å². The second-order valence-electron chi connectivity index (χ2n) is 5.71. The molecule has 0 bridgehead atoms. The SMILES string of the molecule is CCN1C(=O)c2cccc3c(NC(=O)Cc4cccs4)ccc1c23. The lowest BCUT2D eigenvalue weighted by atomic mass is 10.0. The minimum absolute atomic E-state index is 0.0279. The standard InChI is InChI=1S/C19H16N2O2S/c1-2-21-16-9-8-15(20-17(22)11-12-5-4-10-24-12)13-6-3-7-14(18(13)16)19(21)23/h3-10H,2,11H2,1H3,(H,20,22). The summed E-state index contributed by atoms with van der Waals surface area (Å²) in [5, 5.41) is 6.80. The van der Waals surface area contributed by atoms with Crippen LogP contribution in [0.4, 0.5) is 11.4 Å². The zero-order valence-electron chi connectivity index (χ0n) is 13.2. The fourth-order valence-corrected chi connectivity index (χ4v) is 3.94. The second kappa shape index (κ2) is 5.76. The van der Waals surface area contributed by atoms with Gasteiger partial charge in [-0.1, -0.05) is 18.2 Å². The highest BCUT2D eigenvalue weighted by Gasteiger charge is 2.29. The van der Waals surface area contributed by atoms with Crippen molar-refractivity contribution in [2.24, 2.45) is 0 Å². The molecule has 1 N–H and O–H groups in total. The maximum absolute atomic E-state index is 12.5. The Morgan fingerprint density at radius 3 is 2.79 bits per heavy atom. The number of anilines is 2. The Morgan fingerprint density at radius 2 is 2.04 bits per heavy atom. The van der Waals surface area contributed by atoms with Gasteiger partial charge in [-0.3, -0.25) is 9.59 Å². The van der Waals surface area contributed by atoms with Crippen LogP contribution in [0.25, 0.3) is 10.8 Å². The van der Waals surface area contributed by atoms with Gasteiger partial charge in [0.05, 0.1) is 12.1 Å². The molecule has 5 heteroatoms. The van der Waals surface area contributed by atoms with E-state index in [1.807, 2.05) is 54.8 Å². The van der Waals surface area contributed by atoms with Gasteiger partial charge >= 0.3 is 0 Å². The molecule has 0 atom stereocenters. The number of nitrogens with zero attached hydrogens (tertiary/aromatic N) is 1. The van der Waals surface area contributed by atoms with Crippen molar-refractivity contribution in [2.75, 3.05) is 16.8 Å². The van der Waals surface area contributed by atoms with Gasteiger partial charge in [-0.15, -0.1) is 11.3 Å². The molecule has 3 aromatic rings. The molecule has 24 heavy (non-hydrogen) atoms. The molecule has 0 radical (unpaired) electrons. The van der Waals surface area contributed by atoms with Gasteiger partial charge in [0.1, 0.15) is 0 Å². The molecule has 1 aromatic heterocycles. The first kappa shape index (κ1) is 14.9. The first-order chi connectivity index (χ1) is 11.7. The molecule has 0 saturated heterocycles. The molecule has 0 aliphatic carbocycles. The summed E-state index contributed by atoms with van der Waals surface area (Å²) in [6.07, 6.45) is 0.362. The summed E-state index contributed by atoms with van der Waals surface area (Å²) in [6, 6.07) is 13.4. The average molecular weight is 336 g/mol. The van der Waals surface area contributed by atoms with Crippen LogP contribution in [0.2, 0.25) is 0 Å². The van der Waals surface area contributed by atoms with Crippen LogP contribution >= 0.6 is 11.3 Å². The summed E-state index contributed by atoms with van der Waals surface area (Å²) in [5.74, 6) is -0.0185. The maximum Gasteiger partial charge on any atom is 0.258 e. The van der Waals surface area contributed by atoms with E-state index in [1.165, 1.54) is 0 Å². The fraction of sp³-hybridized carbons (Fsp3) is 0.158. The van der Waals surface area contributed by atoms with E-state index in [9.17, 15) is 9.59 Å². The second-order valence-corrected chi connectivity index (χ2v) is 6.75. The fourth-order valence-electron chi connectivity index (χ4n) is 3.23. The molecule has 1 aliphatic heterocycles. The van der Waals surface area contributed by atoms with Crippen LogP contribution in [0.3, 0.4) is 0 Å². The lowest BCUT2D eigenvalue weighted by Gasteiger charge is -2.15. The first-order valence-corrected chi connectivity index (χ1v) is 8.77. The quantitative estimate of drug-likeness (QED) is 0.781. The van der Waals surface area contributed by atoms with Crippen LogP contribution in [0, 0.1) is 0 Å². The first-order valence-electron chi connectivity index (χ1n) is 7.89. The Bertz CT molecular complexity index is 947. The summed E-state index contributed by atoms with van der Waals surface area (Å²) in [6.45, 7) is 2.60. The number of hydrogen-bond donors (Lipinski definition) is 1. The molecule has 2 amide bonds. The third kappa shape index (κ3) is 2.29. The highest BCUT2D eigenvalue weighted by Crippen LogP contribution is 2.40. The van der Waals surface area contributed by atoms with E-state index in [0.29, 0.717) is 18.5 Å². The summed E-state index contributed by atoms with van der Waals surface area (Å²) in [7, 11) is 0. The van der Waals surface area contributed by atoms with Crippen LogP contribution in [-0.4, -0.2) is 18.4 Å². The zero-order valence-corrected chi connectivity index (χ0v) is 14.0. The molecule has 1 aliphatic rings. The lowest BCUT2D eigenvalue weighted by Crippen LogP contribution is -2.25. The maximum atomic E-state index is 12.5. The van der Waals surface area contributed by atoms with Gasteiger partial charge in [0.2, 0.25) is 5.91 Å². The molecule has 120 valence electrons. The number of carbonyl (C=O) groups is 2. The monoisotopic (exact) mass is 336 g/mol. The average Bonchev–Trinajstić information content (AvgIpc) is 3.18. The van der Waals surface area contributed by atoms with Crippen molar-refractivity contribution in [3.8, 4) is 0 Å². The topological polar surface area (TPSA) is 49.4 Å². The predicted molar refractivity (Wildman–Crippen MR) is 98.0 cm³/mol. The number of carbonyl (C=O) groups excluding carboxylic acids is 2. The molecule has 2 aromatic carbocycles. The molecule has 4 nitrogen and oxygen atoms in total. The van der Waals surface area contributed by atoms with Crippen molar-refractivity contribution in [3.05, 3.63) is 58.3 Å². The van der Waals surface area contributed by atoms with Crippen molar-refractivity contribution in [1.82, 2.24) is 0 Å². The number of benzene rings is 2. The zero-order chi connectivity index (χ0) is 16.7. The van der Waals surface area contributed by atoms with E-state index in [0.717, 1.165) is 27.0 Å². The number of rotatable bonds is 4. The molecule has 4 rings (SSSR count). The van der Waals surface area contributed by atoms with E-state index < -0.39 is 0 Å². The molecular weight excluding hydrogens is 320 g/mol. The van der Waals surface area contributed by atoms with E-state index in [4.69, 9.17) is 0 Å². The van der Waals surface area contributed by atoms with Crippen molar-refractivity contribution in [3.63, 3.8) is 0 Å². The molecule has 0 fully saturated rings. The van der Waals surface area contributed by atoms with Crippen LogP contribution < -0.4 is 10.2 Å². The van der Waals surface area contributed by atoms with E-state index in [2.05, 4.69) is 5.32 Å². The van der Waals surface area contributed by atoms with E-state index in [-0.39, 0.29) is 11.8 Å². The summed E-state index contributed by atoms with van der Waals surface area (Å²) >= 11 is 1.57. The highest BCUT2D eigenvalue weighted by molar-refractivity contribution is 7.10. The Morgan fingerprint density at radius 1 is 1.17 bits per heavy atom. The normalized spacial score (nSPS) is 12.9. The highest BCUT2D eigenvalue weighted by atomic mass is 32.1. The summed E-state index contributed by atoms with van der Waals surface area (Å²) in [4.78, 5) is 27.6. The molecule has 0 unspecified atom stereocenters. The van der Waals surface area contributed by atoms with E-state index in [1.54, 1.807) is 16.2 Å². The van der Waals surface area contributed by atoms with Crippen molar-refractivity contribution >= 4 is 45.3 Å². The Hall–Kier alpha value is -2.66. The van der Waals surface area contributed by atoms with Gasteiger partial charge in [0.15, 0.2) is 0 Å².